The van der Waals surface area contributed by atoms with Crippen LogP contribution < -0.4 is 10.6 Å². The maximum absolute atomic E-state index is 9.34. The summed E-state index contributed by atoms with van der Waals surface area (Å²) in [7, 11) is 0. The Hall–Kier alpha value is -1.56. The van der Waals surface area contributed by atoms with Crippen LogP contribution in [0.3, 0.4) is 0 Å². The smallest absolute Gasteiger partial charge is 0.191 e. The van der Waals surface area contributed by atoms with Gasteiger partial charge in [0.2, 0.25) is 0 Å². The van der Waals surface area contributed by atoms with E-state index >= 15 is 0 Å². The summed E-state index contributed by atoms with van der Waals surface area (Å²) < 4.78 is 5.28. The predicted octanol–water partition coefficient (Wildman–Crippen LogP) is 1.63. The van der Waals surface area contributed by atoms with Gasteiger partial charge in [-0.05, 0) is 25.7 Å². The molecule has 1 aromatic heterocycles. The quantitative estimate of drug-likeness (QED) is 0.526. The molecule has 21 heavy (non-hydrogen) atoms. The zero-order valence-corrected chi connectivity index (χ0v) is 13.1. The largest absolute Gasteiger partial charge is 0.396 e. The normalized spacial score (nSPS) is 17.1. The molecule has 0 atom stereocenters. The summed E-state index contributed by atoms with van der Waals surface area (Å²) in [6.45, 7) is 8.44. The molecule has 0 bridgehead atoms. The lowest BCUT2D eigenvalue weighted by Gasteiger charge is -2.16. The topological polar surface area (TPSA) is 82.7 Å². The molecule has 1 aromatic rings. The summed E-state index contributed by atoms with van der Waals surface area (Å²) >= 11 is 0. The molecule has 118 valence electrons. The van der Waals surface area contributed by atoms with E-state index < -0.39 is 0 Å². The SMILES string of the molecule is CCNC(=NCc1cc(C(C)C)no1)NCC1(CO)CC1. The highest BCUT2D eigenvalue weighted by molar-refractivity contribution is 5.79. The molecule has 1 aliphatic rings. The number of rotatable bonds is 7. The van der Waals surface area contributed by atoms with Crippen LogP contribution in [0.5, 0.6) is 0 Å². The van der Waals surface area contributed by atoms with E-state index in [1.54, 1.807) is 0 Å². The van der Waals surface area contributed by atoms with Crippen LogP contribution in [0.25, 0.3) is 0 Å². The van der Waals surface area contributed by atoms with Gasteiger partial charge in [0, 0.05) is 24.6 Å². The predicted molar refractivity (Wildman–Crippen MR) is 82.2 cm³/mol. The van der Waals surface area contributed by atoms with E-state index in [-0.39, 0.29) is 12.0 Å². The summed E-state index contributed by atoms with van der Waals surface area (Å²) in [5, 5.41) is 19.9. The molecule has 0 saturated heterocycles. The molecule has 0 amide bonds. The van der Waals surface area contributed by atoms with Gasteiger partial charge < -0.3 is 20.3 Å². The first-order valence-electron chi connectivity index (χ1n) is 7.67. The lowest BCUT2D eigenvalue weighted by molar-refractivity contribution is 0.212. The Labute approximate surface area is 126 Å². The van der Waals surface area contributed by atoms with Gasteiger partial charge in [-0.3, -0.25) is 0 Å². The van der Waals surface area contributed by atoms with Crippen molar-refractivity contribution in [2.24, 2.45) is 10.4 Å². The average molecular weight is 294 g/mol. The van der Waals surface area contributed by atoms with Crippen molar-refractivity contribution in [3.8, 4) is 0 Å². The Balaban J connectivity index is 1.90. The number of guanidine groups is 1. The minimum atomic E-state index is 0.0627. The van der Waals surface area contributed by atoms with E-state index in [9.17, 15) is 5.11 Å². The van der Waals surface area contributed by atoms with Crippen LogP contribution in [0, 0.1) is 5.41 Å². The Morgan fingerprint density at radius 1 is 1.48 bits per heavy atom. The molecule has 0 radical (unpaired) electrons. The fourth-order valence-corrected chi connectivity index (χ4v) is 2.01. The number of aliphatic hydroxyl groups excluding tert-OH is 1. The van der Waals surface area contributed by atoms with Crippen molar-refractivity contribution in [3.63, 3.8) is 0 Å². The molecule has 0 unspecified atom stereocenters. The van der Waals surface area contributed by atoms with E-state index in [1.807, 2.05) is 13.0 Å². The number of aromatic nitrogens is 1. The highest BCUT2D eigenvalue weighted by Gasteiger charge is 2.41. The minimum Gasteiger partial charge on any atom is -0.396 e. The van der Waals surface area contributed by atoms with E-state index in [1.165, 1.54) is 0 Å². The van der Waals surface area contributed by atoms with Crippen molar-refractivity contribution in [1.29, 1.82) is 0 Å². The Bertz CT molecular complexity index is 478. The van der Waals surface area contributed by atoms with Crippen LogP contribution in [-0.4, -0.2) is 35.9 Å². The first-order valence-corrected chi connectivity index (χ1v) is 7.67. The lowest BCUT2D eigenvalue weighted by atomic mass is 10.1. The van der Waals surface area contributed by atoms with Crippen LogP contribution in [0.2, 0.25) is 0 Å². The number of aliphatic imine (C=N–C) groups is 1. The van der Waals surface area contributed by atoms with Crippen LogP contribution >= 0.6 is 0 Å². The van der Waals surface area contributed by atoms with Gasteiger partial charge >= 0.3 is 0 Å². The van der Waals surface area contributed by atoms with Crippen LogP contribution in [0.4, 0.5) is 0 Å². The van der Waals surface area contributed by atoms with Gasteiger partial charge in [-0.2, -0.15) is 0 Å². The molecule has 1 saturated carbocycles. The summed E-state index contributed by atoms with van der Waals surface area (Å²) in [5.74, 6) is 1.87. The molecule has 1 aliphatic carbocycles. The fourth-order valence-electron chi connectivity index (χ4n) is 2.01. The number of nitrogens with one attached hydrogen (secondary N) is 2. The van der Waals surface area contributed by atoms with Gasteiger partial charge in [0.1, 0.15) is 6.54 Å². The van der Waals surface area contributed by atoms with Gasteiger partial charge in [-0.25, -0.2) is 4.99 Å². The van der Waals surface area contributed by atoms with Gasteiger partial charge in [0.05, 0.1) is 12.3 Å². The molecule has 0 spiro atoms. The Morgan fingerprint density at radius 3 is 2.76 bits per heavy atom. The highest BCUT2D eigenvalue weighted by Crippen LogP contribution is 2.44. The van der Waals surface area contributed by atoms with E-state index in [2.05, 4.69) is 34.6 Å². The first-order chi connectivity index (χ1) is 10.1. The molecule has 3 N–H and O–H groups in total. The summed E-state index contributed by atoms with van der Waals surface area (Å²) in [4.78, 5) is 4.50. The summed E-state index contributed by atoms with van der Waals surface area (Å²) in [6, 6.07) is 1.95. The first kappa shape index (κ1) is 15.8. The third-order valence-corrected chi connectivity index (χ3v) is 3.83. The molecular weight excluding hydrogens is 268 g/mol. The Kier molecular flexibility index (Phi) is 5.22. The fraction of sp³-hybridized carbons (Fsp3) is 0.733. The van der Waals surface area contributed by atoms with Crippen molar-refractivity contribution in [2.45, 2.75) is 46.1 Å². The molecule has 0 aromatic carbocycles. The van der Waals surface area contributed by atoms with E-state index in [0.717, 1.165) is 43.3 Å². The molecule has 6 nitrogen and oxygen atoms in total. The number of aliphatic hydroxyl groups is 1. The van der Waals surface area contributed by atoms with E-state index in [4.69, 9.17) is 4.52 Å². The van der Waals surface area contributed by atoms with Crippen molar-refractivity contribution in [3.05, 3.63) is 17.5 Å². The summed E-state index contributed by atoms with van der Waals surface area (Å²) in [5.41, 5.74) is 1.02. The zero-order valence-electron chi connectivity index (χ0n) is 13.1. The monoisotopic (exact) mass is 294 g/mol. The molecule has 1 heterocycles. The second-order valence-electron chi connectivity index (χ2n) is 6.08. The molecule has 1 fully saturated rings. The van der Waals surface area contributed by atoms with Crippen molar-refractivity contribution >= 4 is 5.96 Å². The maximum atomic E-state index is 9.34. The molecule has 6 heteroatoms. The second-order valence-corrected chi connectivity index (χ2v) is 6.08. The van der Waals surface area contributed by atoms with E-state index in [0.29, 0.717) is 12.5 Å². The zero-order chi connectivity index (χ0) is 15.3. The van der Waals surface area contributed by atoms with Crippen molar-refractivity contribution < 1.29 is 9.63 Å². The van der Waals surface area contributed by atoms with Crippen LogP contribution in [0.15, 0.2) is 15.6 Å². The highest BCUT2D eigenvalue weighted by atomic mass is 16.5. The third kappa shape index (κ3) is 4.46. The van der Waals surface area contributed by atoms with Crippen LogP contribution in [-0.2, 0) is 6.54 Å². The average Bonchev–Trinajstić information content (AvgIpc) is 3.10. The van der Waals surface area contributed by atoms with Gasteiger partial charge in [-0.1, -0.05) is 19.0 Å². The lowest BCUT2D eigenvalue weighted by Crippen LogP contribution is -2.41. The standard InChI is InChI=1S/C15H26N4O2/c1-4-16-14(18-9-15(10-20)5-6-15)17-8-12-7-13(11(2)3)19-21-12/h7,11,20H,4-6,8-10H2,1-3H3,(H2,16,17,18). The minimum absolute atomic E-state index is 0.0627. The van der Waals surface area contributed by atoms with Crippen molar-refractivity contribution in [1.82, 2.24) is 15.8 Å². The van der Waals surface area contributed by atoms with Crippen molar-refractivity contribution in [2.75, 3.05) is 19.7 Å². The number of hydrogen-bond donors (Lipinski definition) is 3. The third-order valence-electron chi connectivity index (χ3n) is 3.83. The maximum Gasteiger partial charge on any atom is 0.191 e. The molecule has 0 aliphatic heterocycles. The number of nitrogens with zero attached hydrogens (tertiary/aromatic N) is 2. The van der Waals surface area contributed by atoms with Gasteiger partial charge in [0.15, 0.2) is 11.7 Å². The summed E-state index contributed by atoms with van der Waals surface area (Å²) in [6.07, 6.45) is 2.16. The van der Waals surface area contributed by atoms with Gasteiger partial charge in [0.25, 0.3) is 0 Å². The number of hydrogen-bond acceptors (Lipinski definition) is 4. The Morgan fingerprint density at radius 2 is 2.24 bits per heavy atom. The molecular formula is C15H26N4O2. The molecule has 2 rings (SSSR count). The van der Waals surface area contributed by atoms with Crippen LogP contribution in [0.1, 0.15) is 51.0 Å². The second kappa shape index (κ2) is 6.93. The van der Waals surface area contributed by atoms with Gasteiger partial charge in [-0.15, -0.1) is 0 Å².